The molecule has 88 valence electrons. The Hall–Kier alpha value is -2.37. The van der Waals surface area contributed by atoms with Crippen molar-refractivity contribution < 1.29 is 14.6 Å². The van der Waals surface area contributed by atoms with Crippen LogP contribution in [0.2, 0.25) is 0 Å². The Balaban J connectivity index is 2.64. The van der Waals surface area contributed by atoms with Gasteiger partial charge in [-0.1, -0.05) is 0 Å². The zero-order valence-corrected chi connectivity index (χ0v) is 9.41. The minimum atomic E-state index is -0.191. The highest BCUT2D eigenvalue weighted by atomic mass is 16.5. The quantitative estimate of drug-likeness (QED) is 0.795. The van der Waals surface area contributed by atoms with Gasteiger partial charge in [-0.05, 0) is 18.2 Å². The first-order valence-electron chi connectivity index (χ1n) is 4.90. The van der Waals surface area contributed by atoms with E-state index in [2.05, 4.69) is 14.9 Å². The summed E-state index contributed by atoms with van der Waals surface area (Å²) < 4.78 is 4.53. The third-order valence-corrected chi connectivity index (χ3v) is 2.36. The first-order valence-corrected chi connectivity index (χ1v) is 4.90. The molecule has 2 rings (SSSR count). The molecule has 1 N–H and O–H groups in total. The van der Waals surface area contributed by atoms with Gasteiger partial charge < -0.3 is 14.7 Å². The number of rotatable bonds is 3. The fourth-order valence-corrected chi connectivity index (χ4v) is 1.47. The Labute approximate surface area is 97.4 Å². The molecule has 0 fully saturated rings. The molecule has 0 saturated carbocycles. The highest BCUT2D eigenvalue weighted by molar-refractivity contribution is 5.89. The number of ether oxygens (including phenoxy) is 1. The lowest BCUT2D eigenvalue weighted by Gasteiger charge is -2.13. The summed E-state index contributed by atoms with van der Waals surface area (Å²) in [7, 11) is 3.77. The molecular formula is C11H11N3O3. The summed E-state index contributed by atoms with van der Waals surface area (Å²) in [4.78, 5) is 12.1. The largest absolute Gasteiger partial charge is 0.503 e. The van der Waals surface area contributed by atoms with Crippen molar-refractivity contribution in [3.05, 3.63) is 18.2 Å². The molecule has 0 aliphatic heterocycles. The zero-order chi connectivity index (χ0) is 12.4. The SMILES string of the molecule is CN(C)c1ccc2nnc(OC=O)c(O)c2c1. The van der Waals surface area contributed by atoms with E-state index in [1.165, 1.54) is 0 Å². The van der Waals surface area contributed by atoms with E-state index in [0.29, 0.717) is 10.9 Å². The van der Waals surface area contributed by atoms with Gasteiger partial charge in [0.15, 0.2) is 5.75 Å². The van der Waals surface area contributed by atoms with Crippen LogP contribution >= 0.6 is 0 Å². The Kier molecular flexibility index (Phi) is 2.78. The molecule has 0 radical (unpaired) electrons. The summed E-state index contributed by atoms with van der Waals surface area (Å²) in [5.41, 5.74) is 1.43. The van der Waals surface area contributed by atoms with Gasteiger partial charge in [0.25, 0.3) is 12.4 Å². The summed E-state index contributed by atoms with van der Waals surface area (Å²) in [6, 6.07) is 5.34. The van der Waals surface area contributed by atoms with Gasteiger partial charge in [-0.3, -0.25) is 4.79 Å². The molecule has 2 aromatic rings. The second kappa shape index (κ2) is 4.25. The molecule has 1 aromatic carbocycles. The minimum Gasteiger partial charge on any atom is -0.503 e. The third-order valence-electron chi connectivity index (χ3n) is 2.36. The highest BCUT2D eigenvalue weighted by Crippen LogP contribution is 2.32. The van der Waals surface area contributed by atoms with Crippen molar-refractivity contribution in [3.63, 3.8) is 0 Å². The molecule has 1 aromatic heterocycles. The molecule has 0 amide bonds. The highest BCUT2D eigenvalue weighted by Gasteiger charge is 2.11. The van der Waals surface area contributed by atoms with Crippen LogP contribution in [0.5, 0.6) is 11.6 Å². The average molecular weight is 233 g/mol. The number of hydrogen-bond acceptors (Lipinski definition) is 6. The summed E-state index contributed by atoms with van der Waals surface area (Å²) in [6.07, 6.45) is 0. The second-order valence-corrected chi connectivity index (χ2v) is 3.66. The van der Waals surface area contributed by atoms with Crippen molar-refractivity contribution in [2.45, 2.75) is 0 Å². The molecule has 0 aliphatic carbocycles. The molecular weight excluding hydrogens is 222 g/mol. The predicted octanol–water partition coefficient (Wildman–Crippen LogP) is 0.937. The fourth-order valence-electron chi connectivity index (χ4n) is 1.47. The number of aromatic nitrogens is 2. The summed E-state index contributed by atoms with van der Waals surface area (Å²) in [5.74, 6) is -0.380. The average Bonchev–Trinajstić information content (AvgIpc) is 2.32. The number of carbonyl (C=O) groups is 1. The number of fused-ring (bicyclic) bond motifs is 1. The normalized spacial score (nSPS) is 10.2. The van der Waals surface area contributed by atoms with Crippen LogP contribution in [0, 0.1) is 0 Å². The van der Waals surface area contributed by atoms with Gasteiger partial charge >= 0.3 is 0 Å². The van der Waals surface area contributed by atoms with E-state index in [0.717, 1.165) is 5.69 Å². The smallest absolute Gasteiger partial charge is 0.300 e. The summed E-state index contributed by atoms with van der Waals surface area (Å²) >= 11 is 0. The van der Waals surface area contributed by atoms with Crippen molar-refractivity contribution in [2.75, 3.05) is 19.0 Å². The van der Waals surface area contributed by atoms with E-state index in [4.69, 9.17) is 0 Å². The van der Waals surface area contributed by atoms with Crippen LogP contribution in [0.1, 0.15) is 0 Å². The van der Waals surface area contributed by atoms with Crippen molar-refractivity contribution in [1.29, 1.82) is 0 Å². The molecule has 6 heteroatoms. The fraction of sp³-hybridized carbons (Fsp3) is 0.182. The lowest BCUT2D eigenvalue weighted by atomic mass is 10.2. The molecule has 17 heavy (non-hydrogen) atoms. The van der Waals surface area contributed by atoms with E-state index >= 15 is 0 Å². The van der Waals surface area contributed by atoms with Crippen LogP contribution in [-0.4, -0.2) is 35.9 Å². The lowest BCUT2D eigenvalue weighted by Crippen LogP contribution is -2.08. The van der Waals surface area contributed by atoms with Crippen LogP contribution in [0.3, 0.4) is 0 Å². The second-order valence-electron chi connectivity index (χ2n) is 3.66. The Bertz CT molecular complexity index is 569. The standard InChI is InChI=1S/C11H11N3O3/c1-14(2)7-3-4-9-8(5-7)10(16)11(13-12-9)17-6-15/h3-6H,1-2H3,(H,12,16). The first-order chi connectivity index (χ1) is 8.13. The Morgan fingerprint density at radius 2 is 2.12 bits per heavy atom. The van der Waals surface area contributed by atoms with Crippen LogP contribution in [0.4, 0.5) is 5.69 Å². The third kappa shape index (κ3) is 1.96. The Morgan fingerprint density at radius 3 is 2.76 bits per heavy atom. The molecule has 0 unspecified atom stereocenters. The summed E-state index contributed by atoms with van der Waals surface area (Å²) in [5, 5.41) is 17.8. The van der Waals surface area contributed by atoms with Gasteiger partial charge in [-0.2, -0.15) is 0 Å². The number of carbonyl (C=O) groups excluding carboxylic acids is 1. The molecule has 0 atom stereocenters. The minimum absolute atomic E-state index is 0.189. The molecule has 0 saturated heterocycles. The van der Waals surface area contributed by atoms with Crippen LogP contribution < -0.4 is 9.64 Å². The monoisotopic (exact) mass is 233 g/mol. The van der Waals surface area contributed by atoms with Crippen molar-refractivity contribution in [3.8, 4) is 11.6 Å². The van der Waals surface area contributed by atoms with Gasteiger partial charge in [0.2, 0.25) is 0 Å². The van der Waals surface area contributed by atoms with Crippen LogP contribution in [0.25, 0.3) is 10.9 Å². The van der Waals surface area contributed by atoms with Crippen molar-refractivity contribution >= 4 is 23.1 Å². The molecule has 0 aliphatic rings. The molecule has 0 spiro atoms. The topological polar surface area (TPSA) is 75.5 Å². The van der Waals surface area contributed by atoms with Crippen molar-refractivity contribution in [1.82, 2.24) is 10.2 Å². The predicted molar refractivity (Wildman–Crippen MR) is 62.2 cm³/mol. The van der Waals surface area contributed by atoms with Crippen LogP contribution in [-0.2, 0) is 4.79 Å². The van der Waals surface area contributed by atoms with Crippen molar-refractivity contribution in [2.24, 2.45) is 0 Å². The number of benzene rings is 1. The summed E-state index contributed by atoms with van der Waals surface area (Å²) in [6.45, 7) is 0.200. The van der Waals surface area contributed by atoms with Gasteiger partial charge in [0.1, 0.15) is 0 Å². The van der Waals surface area contributed by atoms with E-state index in [1.54, 1.807) is 12.1 Å². The molecule has 1 heterocycles. The zero-order valence-electron chi connectivity index (χ0n) is 9.41. The molecule has 6 nitrogen and oxygen atoms in total. The van der Waals surface area contributed by atoms with Gasteiger partial charge in [0.05, 0.1) is 10.9 Å². The first kappa shape index (κ1) is 11.1. The van der Waals surface area contributed by atoms with Gasteiger partial charge in [0, 0.05) is 19.8 Å². The maximum atomic E-state index is 10.2. The van der Waals surface area contributed by atoms with E-state index in [1.807, 2.05) is 25.1 Å². The maximum Gasteiger partial charge on any atom is 0.300 e. The number of aromatic hydroxyl groups is 1. The number of anilines is 1. The van der Waals surface area contributed by atoms with E-state index in [9.17, 15) is 9.90 Å². The number of nitrogens with zero attached hydrogens (tertiary/aromatic N) is 3. The van der Waals surface area contributed by atoms with E-state index < -0.39 is 0 Å². The number of hydrogen-bond donors (Lipinski definition) is 1. The van der Waals surface area contributed by atoms with Crippen LogP contribution in [0.15, 0.2) is 18.2 Å². The van der Waals surface area contributed by atoms with Gasteiger partial charge in [-0.15, -0.1) is 10.2 Å². The van der Waals surface area contributed by atoms with E-state index in [-0.39, 0.29) is 18.1 Å². The molecule has 0 bridgehead atoms. The lowest BCUT2D eigenvalue weighted by molar-refractivity contribution is -0.121. The maximum absolute atomic E-state index is 10.2. The van der Waals surface area contributed by atoms with Gasteiger partial charge in [-0.25, -0.2) is 0 Å². The Morgan fingerprint density at radius 1 is 1.35 bits per heavy atom.